The molecule has 0 rings (SSSR count). The summed E-state index contributed by atoms with van der Waals surface area (Å²) in [7, 11) is 0. The van der Waals surface area contributed by atoms with E-state index in [1.54, 1.807) is 0 Å². The fourth-order valence-corrected chi connectivity index (χ4v) is 9.78. The van der Waals surface area contributed by atoms with Gasteiger partial charge in [-0.25, -0.2) is 0 Å². The monoisotopic (exact) mass is 998 g/mol. The highest BCUT2D eigenvalue weighted by molar-refractivity contribution is 5.76. The first kappa shape index (κ1) is 69.1. The molecule has 1 amide bonds. The number of esters is 1. The van der Waals surface area contributed by atoms with E-state index in [1.165, 1.54) is 257 Å². The van der Waals surface area contributed by atoms with Gasteiger partial charge in [0.15, 0.2) is 0 Å². The quantitative estimate of drug-likeness (QED) is 0.0321. The van der Waals surface area contributed by atoms with E-state index in [4.69, 9.17) is 4.74 Å². The molecule has 0 aliphatic heterocycles. The Labute approximate surface area is 443 Å². The van der Waals surface area contributed by atoms with Crippen molar-refractivity contribution in [2.45, 2.75) is 353 Å². The molecule has 2 atom stereocenters. The summed E-state index contributed by atoms with van der Waals surface area (Å²) in [5.74, 6) is -0.0320. The molecular weight excluding hydrogens is 875 g/mol. The predicted octanol–water partition coefficient (Wildman–Crippen LogP) is 20.0. The van der Waals surface area contributed by atoms with Gasteiger partial charge >= 0.3 is 5.97 Å². The van der Waals surface area contributed by atoms with E-state index in [0.29, 0.717) is 25.9 Å². The van der Waals surface area contributed by atoms with Crippen LogP contribution in [0.5, 0.6) is 0 Å². The second-order valence-electron chi connectivity index (χ2n) is 21.7. The summed E-state index contributed by atoms with van der Waals surface area (Å²) in [6, 6.07) is -0.542. The molecule has 3 N–H and O–H groups in total. The minimum atomic E-state index is -0.665. The lowest BCUT2D eigenvalue weighted by molar-refractivity contribution is -0.143. The molecular formula is C65H123NO5. The third-order valence-electron chi connectivity index (χ3n) is 14.7. The molecule has 6 nitrogen and oxygen atoms in total. The molecule has 0 aromatic rings. The van der Waals surface area contributed by atoms with Crippen LogP contribution in [0.4, 0.5) is 0 Å². The van der Waals surface area contributed by atoms with Crippen LogP contribution in [0.1, 0.15) is 341 Å². The summed E-state index contributed by atoms with van der Waals surface area (Å²) in [5.41, 5.74) is 0. The Morgan fingerprint density at radius 1 is 0.394 bits per heavy atom. The minimum absolute atomic E-state index is 0.00730. The van der Waals surface area contributed by atoms with Crippen molar-refractivity contribution >= 4 is 11.9 Å². The van der Waals surface area contributed by atoms with Gasteiger partial charge in [-0.3, -0.25) is 9.59 Å². The maximum atomic E-state index is 12.4. The average molecular weight is 999 g/mol. The van der Waals surface area contributed by atoms with Crippen molar-refractivity contribution in [2.24, 2.45) is 0 Å². The summed E-state index contributed by atoms with van der Waals surface area (Å²) < 4.78 is 5.49. The molecule has 0 aliphatic carbocycles. The maximum absolute atomic E-state index is 12.4. The molecule has 0 aromatic carbocycles. The molecule has 0 aliphatic rings. The Kier molecular flexibility index (Phi) is 59.0. The van der Waals surface area contributed by atoms with Gasteiger partial charge in [-0.1, -0.05) is 281 Å². The molecule has 418 valence electrons. The van der Waals surface area contributed by atoms with Gasteiger partial charge in [0.2, 0.25) is 5.91 Å². The molecule has 2 unspecified atom stereocenters. The predicted molar refractivity (Wildman–Crippen MR) is 310 cm³/mol. The topological polar surface area (TPSA) is 95.9 Å². The Morgan fingerprint density at radius 2 is 0.704 bits per heavy atom. The van der Waals surface area contributed by atoms with Crippen molar-refractivity contribution in [3.8, 4) is 0 Å². The first-order valence-electron chi connectivity index (χ1n) is 31.7. The molecule has 6 heteroatoms. The normalized spacial score (nSPS) is 12.8. The van der Waals surface area contributed by atoms with Crippen LogP contribution in [-0.4, -0.2) is 47.4 Å². The molecule has 0 saturated heterocycles. The second-order valence-corrected chi connectivity index (χ2v) is 21.7. The highest BCUT2D eigenvalue weighted by Crippen LogP contribution is 2.17. The fraction of sp³-hybridized carbons (Fsp3) is 0.877. The molecule has 0 saturated carbocycles. The van der Waals surface area contributed by atoms with Gasteiger partial charge in [0.25, 0.3) is 0 Å². The zero-order chi connectivity index (χ0) is 51.4. The SMILES string of the molecule is CCCCCCCC/C=C\CCCCCCCCCC(=O)OCCCCCCCCCCC/C=C\C/C=C\CCCCCCCCCCCCCC(=O)NC(CO)C(O)CCCCCCCCCCCC. The van der Waals surface area contributed by atoms with E-state index in [0.717, 1.165) is 51.4 Å². The average Bonchev–Trinajstić information content (AvgIpc) is 3.37. The zero-order valence-electron chi connectivity index (χ0n) is 47.7. The second kappa shape index (κ2) is 60.6. The molecule has 0 fully saturated rings. The number of nitrogens with one attached hydrogen (secondary N) is 1. The zero-order valence-corrected chi connectivity index (χ0v) is 47.7. The standard InChI is InChI=1S/C65H123NO5/c1-3-5-7-9-11-13-15-16-17-29-33-36-39-43-47-51-55-59-65(70)71-60-56-52-48-44-40-37-34-31-28-26-24-22-20-18-19-21-23-25-27-30-32-35-38-42-46-50-54-58-64(69)66-62(61-67)63(68)57-53-49-45-41-14-12-10-8-6-4-2/h16-19,22,24,62-63,67-68H,3-15,20-21,23,25-61H2,1-2H3,(H,66,69)/b17-16-,19-18-,24-22-. The van der Waals surface area contributed by atoms with Gasteiger partial charge in [0, 0.05) is 12.8 Å². The molecule has 0 bridgehead atoms. The van der Waals surface area contributed by atoms with E-state index in [-0.39, 0.29) is 18.5 Å². The lowest BCUT2D eigenvalue weighted by atomic mass is 10.0. The van der Waals surface area contributed by atoms with E-state index in [9.17, 15) is 19.8 Å². The van der Waals surface area contributed by atoms with Gasteiger partial charge in [-0.15, -0.1) is 0 Å². The van der Waals surface area contributed by atoms with Crippen LogP contribution in [0.3, 0.4) is 0 Å². The van der Waals surface area contributed by atoms with Crippen LogP contribution in [0, 0.1) is 0 Å². The molecule has 0 radical (unpaired) electrons. The number of allylic oxidation sites excluding steroid dienone is 6. The number of aliphatic hydroxyl groups excluding tert-OH is 2. The van der Waals surface area contributed by atoms with Crippen molar-refractivity contribution in [1.82, 2.24) is 5.32 Å². The van der Waals surface area contributed by atoms with Crippen molar-refractivity contribution in [2.75, 3.05) is 13.2 Å². The first-order chi connectivity index (χ1) is 35.0. The van der Waals surface area contributed by atoms with Gasteiger partial charge in [-0.2, -0.15) is 0 Å². The summed E-state index contributed by atoms with van der Waals surface area (Å²) in [6.45, 7) is 4.94. The van der Waals surface area contributed by atoms with Crippen molar-refractivity contribution < 1.29 is 24.5 Å². The van der Waals surface area contributed by atoms with Crippen LogP contribution in [0.25, 0.3) is 0 Å². The number of aliphatic hydroxyl groups is 2. The number of amides is 1. The Balaban J connectivity index is 3.39. The van der Waals surface area contributed by atoms with Gasteiger partial charge < -0.3 is 20.3 Å². The number of carbonyl (C=O) groups excluding carboxylic acids is 2. The lowest BCUT2D eigenvalue weighted by Gasteiger charge is -2.22. The van der Waals surface area contributed by atoms with Crippen molar-refractivity contribution in [3.63, 3.8) is 0 Å². The maximum Gasteiger partial charge on any atom is 0.305 e. The van der Waals surface area contributed by atoms with E-state index in [2.05, 4.69) is 55.6 Å². The Bertz CT molecular complexity index is 1150. The van der Waals surface area contributed by atoms with Crippen LogP contribution in [-0.2, 0) is 14.3 Å². The molecule has 0 aromatic heterocycles. The van der Waals surface area contributed by atoms with Crippen molar-refractivity contribution in [1.29, 1.82) is 0 Å². The Morgan fingerprint density at radius 3 is 1.08 bits per heavy atom. The highest BCUT2D eigenvalue weighted by atomic mass is 16.5. The first-order valence-corrected chi connectivity index (χ1v) is 31.7. The number of rotatable bonds is 59. The van der Waals surface area contributed by atoms with E-state index in [1.807, 2.05) is 0 Å². The van der Waals surface area contributed by atoms with Crippen LogP contribution >= 0.6 is 0 Å². The third kappa shape index (κ3) is 57.2. The third-order valence-corrected chi connectivity index (χ3v) is 14.7. The van der Waals surface area contributed by atoms with Crippen LogP contribution < -0.4 is 5.32 Å². The summed E-state index contributed by atoms with van der Waals surface area (Å²) in [6.07, 6.45) is 76.0. The number of ether oxygens (including phenoxy) is 1. The molecule has 71 heavy (non-hydrogen) atoms. The summed E-state index contributed by atoms with van der Waals surface area (Å²) in [5, 5.41) is 23.2. The van der Waals surface area contributed by atoms with Crippen LogP contribution in [0.2, 0.25) is 0 Å². The van der Waals surface area contributed by atoms with Gasteiger partial charge in [-0.05, 0) is 83.5 Å². The van der Waals surface area contributed by atoms with Gasteiger partial charge in [0.05, 0.1) is 25.4 Å². The lowest BCUT2D eigenvalue weighted by Crippen LogP contribution is -2.45. The number of hydrogen-bond acceptors (Lipinski definition) is 5. The summed E-state index contributed by atoms with van der Waals surface area (Å²) in [4.78, 5) is 24.5. The molecule has 0 spiro atoms. The smallest absolute Gasteiger partial charge is 0.305 e. The number of unbranched alkanes of at least 4 members (excludes halogenated alkanes) is 42. The molecule has 0 heterocycles. The van der Waals surface area contributed by atoms with E-state index >= 15 is 0 Å². The Hall–Kier alpha value is -1.92. The van der Waals surface area contributed by atoms with Gasteiger partial charge in [0.1, 0.15) is 0 Å². The number of carbonyl (C=O) groups is 2. The van der Waals surface area contributed by atoms with E-state index < -0.39 is 12.1 Å². The fourth-order valence-electron chi connectivity index (χ4n) is 9.78. The summed E-state index contributed by atoms with van der Waals surface area (Å²) >= 11 is 0. The largest absolute Gasteiger partial charge is 0.466 e. The number of hydrogen-bond donors (Lipinski definition) is 3. The van der Waals surface area contributed by atoms with Crippen LogP contribution in [0.15, 0.2) is 36.5 Å². The highest BCUT2D eigenvalue weighted by Gasteiger charge is 2.20. The minimum Gasteiger partial charge on any atom is -0.466 e. The van der Waals surface area contributed by atoms with Crippen molar-refractivity contribution in [3.05, 3.63) is 36.5 Å².